The Morgan fingerprint density at radius 3 is 2.72 bits per heavy atom. The molecule has 0 bridgehead atoms. The van der Waals surface area contributed by atoms with Gasteiger partial charge in [0.15, 0.2) is 0 Å². The van der Waals surface area contributed by atoms with Crippen LogP contribution in [0.4, 0.5) is 0 Å². The molecule has 0 aromatic heterocycles. The summed E-state index contributed by atoms with van der Waals surface area (Å²) in [5.41, 5.74) is 1.33. The van der Waals surface area contributed by atoms with Gasteiger partial charge < -0.3 is 15.0 Å². The summed E-state index contributed by atoms with van der Waals surface area (Å²) < 4.78 is 5.79. The van der Waals surface area contributed by atoms with E-state index in [1.165, 1.54) is 5.56 Å². The monoisotopic (exact) mass is 345 g/mol. The maximum atomic E-state index is 12.6. The lowest BCUT2D eigenvalue weighted by atomic mass is 9.89. The van der Waals surface area contributed by atoms with E-state index in [2.05, 4.69) is 35.3 Å². The minimum atomic E-state index is 0.280. The molecule has 1 aromatic carbocycles. The molecule has 25 heavy (non-hydrogen) atoms. The first-order valence-corrected chi connectivity index (χ1v) is 9.63. The van der Waals surface area contributed by atoms with Gasteiger partial charge in [0.05, 0.1) is 13.2 Å². The van der Waals surface area contributed by atoms with Crippen LogP contribution in [0.5, 0.6) is 5.75 Å². The zero-order chi connectivity index (χ0) is 17.6. The first-order valence-electron chi connectivity index (χ1n) is 9.63. The van der Waals surface area contributed by atoms with E-state index in [1.54, 1.807) is 0 Å². The lowest BCUT2D eigenvalue weighted by Gasteiger charge is -2.37. The Balaban J connectivity index is 1.53. The number of piperazine rings is 1. The Kier molecular flexibility index (Phi) is 6.32. The van der Waals surface area contributed by atoms with E-state index in [0.717, 1.165) is 51.3 Å². The van der Waals surface area contributed by atoms with Crippen molar-refractivity contribution in [3.63, 3.8) is 0 Å². The minimum absolute atomic E-state index is 0.280. The highest BCUT2D eigenvalue weighted by Gasteiger charge is 2.27. The van der Waals surface area contributed by atoms with Crippen molar-refractivity contribution in [3.05, 3.63) is 29.8 Å². The second-order valence-corrected chi connectivity index (χ2v) is 7.16. The second-order valence-electron chi connectivity index (χ2n) is 7.16. The Labute approximate surface area is 151 Å². The summed E-state index contributed by atoms with van der Waals surface area (Å²) in [7, 11) is 0. The number of nitrogens with zero attached hydrogens (tertiary/aromatic N) is 2. The molecule has 3 rings (SSSR count). The molecular weight excluding hydrogens is 314 g/mol. The number of benzene rings is 1. The highest BCUT2D eigenvalue weighted by atomic mass is 16.5. The molecule has 0 saturated carbocycles. The molecular formula is C20H31N3O2. The summed E-state index contributed by atoms with van der Waals surface area (Å²) in [4.78, 5) is 17.0. The number of likely N-dealkylation sites (tertiary alicyclic amines) is 1. The molecule has 1 amide bonds. The Morgan fingerprint density at radius 1 is 1.24 bits per heavy atom. The van der Waals surface area contributed by atoms with Crippen LogP contribution in [-0.2, 0) is 4.79 Å². The quantitative estimate of drug-likeness (QED) is 0.887. The average molecular weight is 345 g/mol. The van der Waals surface area contributed by atoms with Gasteiger partial charge in [0.2, 0.25) is 5.91 Å². The second kappa shape index (κ2) is 8.68. The third-order valence-electron chi connectivity index (χ3n) is 5.43. The number of carbonyl (C=O) groups excluding carboxylic acids is 1. The molecule has 2 aliphatic rings. The van der Waals surface area contributed by atoms with Gasteiger partial charge in [-0.3, -0.25) is 9.69 Å². The van der Waals surface area contributed by atoms with Gasteiger partial charge in [-0.15, -0.1) is 0 Å². The van der Waals surface area contributed by atoms with Crippen molar-refractivity contribution in [1.29, 1.82) is 0 Å². The molecule has 5 heteroatoms. The number of para-hydroxylation sites is 1. The predicted octanol–water partition coefficient (Wildman–Crippen LogP) is 2.08. The first-order chi connectivity index (χ1) is 12.2. The van der Waals surface area contributed by atoms with Crippen LogP contribution in [0, 0.1) is 0 Å². The number of piperidine rings is 1. The molecule has 2 saturated heterocycles. The van der Waals surface area contributed by atoms with Crippen LogP contribution in [0.3, 0.4) is 0 Å². The van der Waals surface area contributed by atoms with Crippen molar-refractivity contribution in [1.82, 2.24) is 15.1 Å². The van der Waals surface area contributed by atoms with Crippen LogP contribution >= 0.6 is 0 Å². The molecule has 5 nitrogen and oxygen atoms in total. The first kappa shape index (κ1) is 18.2. The molecule has 0 aliphatic carbocycles. The van der Waals surface area contributed by atoms with E-state index >= 15 is 0 Å². The van der Waals surface area contributed by atoms with Gasteiger partial charge >= 0.3 is 0 Å². The lowest BCUT2D eigenvalue weighted by Crippen LogP contribution is -2.55. The van der Waals surface area contributed by atoms with Crippen LogP contribution in [0.25, 0.3) is 0 Å². The van der Waals surface area contributed by atoms with Crippen molar-refractivity contribution < 1.29 is 9.53 Å². The third kappa shape index (κ3) is 4.53. The topological polar surface area (TPSA) is 44.8 Å². The average Bonchev–Trinajstić information content (AvgIpc) is 2.63. The molecule has 1 N–H and O–H groups in total. The summed E-state index contributed by atoms with van der Waals surface area (Å²) in [6.45, 7) is 10.0. The van der Waals surface area contributed by atoms with Crippen molar-refractivity contribution >= 4 is 5.91 Å². The van der Waals surface area contributed by atoms with Gasteiger partial charge in [-0.25, -0.2) is 0 Å². The molecule has 0 radical (unpaired) electrons. The number of nitrogens with one attached hydrogen (secondary N) is 1. The number of ether oxygens (including phenoxy) is 1. The summed E-state index contributed by atoms with van der Waals surface area (Å²) >= 11 is 0. The van der Waals surface area contributed by atoms with Gasteiger partial charge in [-0.2, -0.15) is 0 Å². The van der Waals surface area contributed by atoms with Crippen LogP contribution < -0.4 is 10.1 Å². The lowest BCUT2D eigenvalue weighted by molar-refractivity contribution is -0.135. The number of amides is 1. The molecule has 138 valence electrons. The Morgan fingerprint density at radius 2 is 2.00 bits per heavy atom. The van der Waals surface area contributed by atoms with Gasteiger partial charge in [-0.1, -0.05) is 18.2 Å². The standard InChI is InChI=1S/C20H31N3O2/c1-3-25-19-7-5-4-6-18(19)17-8-11-22(12-9-17)15-20(24)23-13-10-21-14-16(23)2/h4-7,16-17,21H,3,8-15H2,1-2H3. The van der Waals surface area contributed by atoms with Gasteiger partial charge in [0.1, 0.15) is 5.75 Å². The normalized spacial score (nSPS) is 22.8. The fraction of sp³-hybridized carbons (Fsp3) is 0.650. The predicted molar refractivity (Wildman–Crippen MR) is 100 cm³/mol. The Hall–Kier alpha value is -1.59. The van der Waals surface area contributed by atoms with Crippen molar-refractivity contribution in [3.8, 4) is 5.75 Å². The maximum Gasteiger partial charge on any atom is 0.237 e. The fourth-order valence-corrected chi connectivity index (χ4v) is 4.00. The van der Waals surface area contributed by atoms with E-state index in [-0.39, 0.29) is 5.91 Å². The van der Waals surface area contributed by atoms with E-state index in [1.807, 2.05) is 17.9 Å². The number of rotatable bonds is 5. The largest absolute Gasteiger partial charge is 0.494 e. The third-order valence-corrected chi connectivity index (χ3v) is 5.43. The maximum absolute atomic E-state index is 12.6. The fourth-order valence-electron chi connectivity index (χ4n) is 4.00. The summed E-state index contributed by atoms with van der Waals surface area (Å²) in [6.07, 6.45) is 2.18. The number of hydrogen-bond acceptors (Lipinski definition) is 4. The van der Waals surface area contributed by atoms with Crippen LogP contribution in [0.1, 0.15) is 38.2 Å². The van der Waals surface area contributed by atoms with Gasteiger partial charge in [-0.05, 0) is 57.3 Å². The zero-order valence-electron chi connectivity index (χ0n) is 15.5. The molecule has 2 fully saturated rings. The Bertz CT molecular complexity index is 570. The molecule has 2 heterocycles. The SMILES string of the molecule is CCOc1ccccc1C1CCN(CC(=O)N2CCNCC2C)CC1. The van der Waals surface area contributed by atoms with Crippen LogP contribution in [-0.4, -0.2) is 67.6 Å². The summed E-state index contributed by atoms with van der Waals surface area (Å²) in [6, 6.07) is 8.70. The number of hydrogen-bond donors (Lipinski definition) is 1. The smallest absolute Gasteiger partial charge is 0.237 e. The van der Waals surface area contributed by atoms with Gasteiger partial charge in [0, 0.05) is 25.7 Å². The van der Waals surface area contributed by atoms with Crippen molar-refractivity contribution in [2.24, 2.45) is 0 Å². The van der Waals surface area contributed by atoms with Crippen molar-refractivity contribution in [2.45, 2.75) is 38.6 Å². The molecule has 2 aliphatic heterocycles. The summed E-state index contributed by atoms with van der Waals surface area (Å²) in [5, 5.41) is 3.34. The van der Waals surface area contributed by atoms with E-state index in [4.69, 9.17) is 4.74 Å². The number of carbonyl (C=O) groups is 1. The summed E-state index contributed by atoms with van der Waals surface area (Å²) in [5.74, 6) is 1.84. The van der Waals surface area contributed by atoms with Crippen LogP contribution in [0.15, 0.2) is 24.3 Å². The van der Waals surface area contributed by atoms with Crippen LogP contribution in [0.2, 0.25) is 0 Å². The van der Waals surface area contributed by atoms with E-state index in [9.17, 15) is 4.79 Å². The molecule has 1 atom stereocenters. The highest BCUT2D eigenvalue weighted by molar-refractivity contribution is 5.78. The zero-order valence-corrected chi connectivity index (χ0v) is 15.5. The van der Waals surface area contributed by atoms with E-state index in [0.29, 0.717) is 25.1 Å². The van der Waals surface area contributed by atoms with E-state index < -0.39 is 0 Å². The van der Waals surface area contributed by atoms with Crippen molar-refractivity contribution in [2.75, 3.05) is 45.9 Å². The highest BCUT2D eigenvalue weighted by Crippen LogP contribution is 2.34. The molecule has 1 aromatic rings. The minimum Gasteiger partial charge on any atom is -0.494 e. The van der Waals surface area contributed by atoms with Gasteiger partial charge in [0.25, 0.3) is 0 Å². The molecule has 0 spiro atoms. The molecule has 1 unspecified atom stereocenters.